The van der Waals surface area contributed by atoms with E-state index in [-0.39, 0.29) is 5.97 Å². The molecule has 2 aromatic carbocycles. The van der Waals surface area contributed by atoms with Gasteiger partial charge in [-0.25, -0.2) is 0 Å². The molecule has 0 bridgehead atoms. The number of rotatable bonds is 2. The van der Waals surface area contributed by atoms with Gasteiger partial charge in [0.15, 0.2) is 0 Å². The second-order valence-corrected chi connectivity index (χ2v) is 4.18. The van der Waals surface area contributed by atoms with Crippen LogP contribution >= 0.6 is 0 Å². The van der Waals surface area contributed by atoms with E-state index in [0.29, 0.717) is 11.3 Å². The SMILES string of the molecule is O=Cc1ccc2c(c1)C(c1ccccc1)C(=O)O2. The lowest BCUT2D eigenvalue weighted by atomic mass is 9.92. The summed E-state index contributed by atoms with van der Waals surface area (Å²) in [6, 6.07) is 14.4. The first-order valence-corrected chi connectivity index (χ1v) is 5.65. The first-order chi connectivity index (χ1) is 8.79. The highest BCUT2D eigenvalue weighted by atomic mass is 16.5. The van der Waals surface area contributed by atoms with Crippen LogP contribution in [0.1, 0.15) is 27.4 Å². The van der Waals surface area contributed by atoms with Crippen LogP contribution in [-0.4, -0.2) is 12.3 Å². The fourth-order valence-electron chi connectivity index (χ4n) is 2.21. The molecular weight excluding hydrogens is 228 g/mol. The van der Waals surface area contributed by atoms with Gasteiger partial charge in [0, 0.05) is 11.1 Å². The van der Waals surface area contributed by atoms with E-state index in [4.69, 9.17) is 4.74 Å². The second-order valence-electron chi connectivity index (χ2n) is 4.18. The van der Waals surface area contributed by atoms with Gasteiger partial charge in [0.05, 0.1) is 0 Å². The minimum Gasteiger partial charge on any atom is -0.425 e. The molecule has 0 saturated heterocycles. The Kier molecular flexibility index (Phi) is 2.45. The van der Waals surface area contributed by atoms with E-state index in [1.807, 2.05) is 30.3 Å². The molecule has 0 N–H and O–H groups in total. The molecule has 0 fully saturated rings. The minimum atomic E-state index is -0.430. The van der Waals surface area contributed by atoms with Crippen LogP contribution in [0.15, 0.2) is 48.5 Å². The number of hydrogen-bond donors (Lipinski definition) is 0. The van der Waals surface area contributed by atoms with Crippen molar-refractivity contribution in [3.63, 3.8) is 0 Å². The van der Waals surface area contributed by atoms with E-state index in [2.05, 4.69) is 0 Å². The molecule has 0 aromatic heterocycles. The highest BCUT2D eigenvalue weighted by Gasteiger charge is 2.34. The Labute approximate surface area is 104 Å². The van der Waals surface area contributed by atoms with Gasteiger partial charge in [0.1, 0.15) is 18.0 Å². The summed E-state index contributed by atoms with van der Waals surface area (Å²) in [4.78, 5) is 22.7. The van der Waals surface area contributed by atoms with Crippen molar-refractivity contribution in [2.24, 2.45) is 0 Å². The standard InChI is InChI=1S/C15H10O3/c16-9-10-6-7-13-12(8-10)14(15(17)18-13)11-4-2-1-3-5-11/h1-9,14H. The highest BCUT2D eigenvalue weighted by Crippen LogP contribution is 2.39. The van der Waals surface area contributed by atoms with Crippen molar-refractivity contribution in [2.45, 2.75) is 5.92 Å². The summed E-state index contributed by atoms with van der Waals surface area (Å²) in [5, 5.41) is 0. The fourth-order valence-corrected chi connectivity index (χ4v) is 2.21. The predicted octanol–water partition coefficient (Wildman–Crippen LogP) is 2.55. The van der Waals surface area contributed by atoms with Crippen LogP contribution in [0.4, 0.5) is 0 Å². The van der Waals surface area contributed by atoms with E-state index in [1.165, 1.54) is 0 Å². The van der Waals surface area contributed by atoms with Crippen molar-refractivity contribution in [1.29, 1.82) is 0 Å². The third-order valence-corrected chi connectivity index (χ3v) is 3.06. The first kappa shape index (κ1) is 10.7. The topological polar surface area (TPSA) is 43.4 Å². The summed E-state index contributed by atoms with van der Waals surface area (Å²) >= 11 is 0. The number of benzene rings is 2. The van der Waals surface area contributed by atoms with E-state index < -0.39 is 5.92 Å². The lowest BCUT2D eigenvalue weighted by Crippen LogP contribution is -2.11. The molecule has 1 heterocycles. The van der Waals surface area contributed by atoms with Gasteiger partial charge in [0.25, 0.3) is 0 Å². The number of carbonyl (C=O) groups is 2. The predicted molar refractivity (Wildman–Crippen MR) is 65.7 cm³/mol. The summed E-state index contributed by atoms with van der Waals surface area (Å²) in [7, 11) is 0. The quantitative estimate of drug-likeness (QED) is 0.459. The molecule has 1 aliphatic rings. The largest absolute Gasteiger partial charge is 0.425 e. The summed E-state index contributed by atoms with van der Waals surface area (Å²) < 4.78 is 5.22. The maximum Gasteiger partial charge on any atom is 0.323 e. The van der Waals surface area contributed by atoms with Crippen molar-refractivity contribution in [1.82, 2.24) is 0 Å². The number of carbonyl (C=O) groups excluding carboxylic acids is 2. The molecule has 2 aromatic rings. The number of hydrogen-bond acceptors (Lipinski definition) is 3. The van der Waals surface area contributed by atoms with E-state index in [9.17, 15) is 9.59 Å². The maximum atomic E-state index is 11.9. The smallest absolute Gasteiger partial charge is 0.323 e. The zero-order valence-electron chi connectivity index (χ0n) is 9.50. The zero-order chi connectivity index (χ0) is 12.5. The summed E-state index contributed by atoms with van der Waals surface area (Å²) in [6.07, 6.45) is 0.769. The lowest BCUT2D eigenvalue weighted by molar-refractivity contribution is -0.133. The van der Waals surface area contributed by atoms with Gasteiger partial charge in [-0.1, -0.05) is 30.3 Å². The van der Waals surface area contributed by atoms with Crippen LogP contribution in [0.2, 0.25) is 0 Å². The Morgan fingerprint density at radius 2 is 1.83 bits per heavy atom. The van der Waals surface area contributed by atoms with E-state index in [0.717, 1.165) is 17.4 Å². The zero-order valence-corrected chi connectivity index (χ0v) is 9.50. The molecule has 0 saturated carbocycles. The first-order valence-electron chi connectivity index (χ1n) is 5.65. The Bertz CT molecular complexity index is 617. The van der Waals surface area contributed by atoms with Gasteiger partial charge in [-0.3, -0.25) is 9.59 Å². The molecule has 18 heavy (non-hydrogen) atoms. The van der Waals surface area contributed by atoms with Crippen LogP contribution in [-0.2, 0) is 4.79 Å². The van der Waals surface area contributed by atoms with Crippen LogP contribution < -0.4 is 4.74 Å². The lowest BCUT2D eigenvalue weighted by Gasteiger charge is -2.07. The van der Waals surface area contributed by atoms with Gasteiger partial charge in [-0.05, 0) is 23.8 Å². The molecule has 1 unspecified atom stereocenters. The van der Waals surface area contributed by atoms with Gasteiger partial charge in [-0.2, -0.15) is 0 Å². The van der Waals surface area contributed by atoms with Crippen molar-refractivity contribution in [3.8, 4) is 5.75 Å². The van der Waals surface area contributed by atoms with Crippen molar-refractivity contribution in [3.05, 3.63) is 65.2 Å². The van der Waals surface area contributed by atoms with Crippen LogP contribution in [0, 0.1) is 0 Å². The van der Waals surface area contributed by atoms with Crippen LogP contribution in [0.25, 0.3) is 0 Å². The normalized spacial score (nSPS) is 17.1. The van der Waals surface area contributed by atoms with Gasteiger partial charge in [0.2, 0.25) is 0 Å². The van der Waals surface area contributed by atoms with E-state index in [1.54, 1.807) is 18.2 Å². The molecule has 3 heteroatoms. The number of aldehydes is 1. The third kappa shape index (κ3) is 1.61. The van der Waals surface area contributed by atoms with Gasteiger partial charge < -0.3 is 4.74 Å². The van der Waals surface area contributed by atoms with Crippen molar-refractivity contribution in [2.75, 3.05) is 0 Å². The Balaban J connectivity index is 2.13. The third-order valence-electron chi connectivity index (χ3n) is 3.06. The van der Waals surface area contributed by atoms with Crippen LogP contribution in [0.5, 0.6) is 5.75 Å². The molecule has 0 radical (unpaired) electrons. The number of esters is 1. The molecule has 0 amide bonds. The van der Waals surface area contributed by atoms with Crippen molar-refractivity contribution < 1.29 is 14.3 Å². The molecular formula is C15H10O3. The van der Waals surface area contributed by atoms with Gasteiger partial charge >= 0.3 is 5.97 Å². The van der Waals surface area contributed by atoms with E-state index >= 15 is 0 Å². The second kappa shape index (κ2) is 4.11. The Morgan fingerprint density at radius 3 is 2.56 bits per heavy atom. The summed E-state index contributed by atoms with van der Waals surface area (Å²) in [5.74, 6) is -0.181. The van der Waals surface area contributed by atoms with Crippen LogP contribution in [0.3, 0.4) is 0 Å². The Morgan fingerprint density at radius 1 is 1.06 bits per heavy atom. The number of ether oxygens (including phenoxy) is 1. The number of fused-ring (bicyclic) bond motifs is 1. The summed E-state index contributed by atoms with van der Waals surface area (Å²) in [6.45, 7) is 0. The molecule has 1 atom stereocenters. The minimum absolute atomic E-state index is 0.292. The van der Waals surface area contributed by atoms with Crippen molar-refractivity contribution >= 4 is 12.3 Å². The summed E-state index contributed by atoms with van der Waals surface area (Å²) in [5.41, 5.74) is 2.19. The molecule has 3 nitrogen and oxygen atoms in total. The fraction of sp³-hybridized carbons (Fsp3) is 0.0667. The average molecular weight is 238 g/mol. The highest BCUT2D eigenvalue weighted by molar-refractivity contribution is 5.90. The molecule has 0 spiro atoms. The molecule has 88 valence electrons. The molecule has 1 aliphatic heterocycles. The maximum absolute atomic E-state index is 11.9. The molecule has 0 aliphatic carbocycles. The monoisotopic (exact) mass is 238 g/mol. The average Bonchev–Trinajstić information content (AvgIpc) is 2.74. The van der Waals surface area contributed by atoms with Gasteiger partial charge in [-0.15, -0.1) is 0 Å². The Hall–Kier alpha value is -2.42. The molecule has 3 rings (SSSR count).